The minimum atomic E-state index is 0.271. The first-order valence-corrected chi connectivity index (χ1v) is 4.88. The number of aromatic nitrogens is 2. The van der Waals surface area contributed by atoms with Crippen molar-refractivity contribution in [2.45, 2.75) is 33.2 Å². The molecule has 0 radical (unpaired) electrons. The van der Waals surface area contributed by atoms with Crippen LogP contribution in [0.3, 0.4) is 0 Å². The molecule has 1 aromatic heterocycles. The zero-order chi connectivity index (χ0) is 9.68. The summed E-state index contributed by atoms with van der Waals surface area (Å²) in [6.07, 6.45) is 5.80. The Morgan fingerprint density at radius 3 is 3.00 bits per heavy atom. The summed E-state index contributed by atoms with van der Waals surface area (Å²) in [4.78, 5) is 4.27. The fourth-order valence-corrected chi connectivity index (χ4v) is 1.32. The normalized spacial score (nSPS) is 13.2. The van der Waals surface area contributed by atoms with E-state index < -0.39 is 0 Å². The molecule has 1 heterocycles. The molecule has 1 rings (SSSR count). The Morgan fingerprint density at radius 1 is 1.62 bits per heavy atom. The van der Waals surface area contributed by atoms with Gasteiger partial charge in [-0.05, 0) is 19.3 Å². The number of imidazole rings is 1. The lowest BCUT2D eigenvalue weighted by Crippen LogP contribution is -2.06. The quantitative estimate of drug-likeness (QED) is 0.748. The summed E-state index contributed by atoms with van der Waals surface area (Å²) in [7, 11) is 0. The summed E-state index contributed by atoms with van der Waals surface area (Å²) in [5, 5.41) is 8.86. The standard InChI is InChI=1S/C10H18N2O/c1-3-12-7-6-11-10(12)5-4-9(2)8-13/h6-7,9,13H,3-5,8H2,1-2H3. The van der Waals surface area contributed by atoms with E-state index in [-0.39, 0.29) is 6.61 Å². The third kappa shape index (κ3) is 2.84. The van der Waals surface area contributed by atoms with Crippen molar-refractivity contribution >= 4 is 0 Å². The highest BCUT2D eigenvalue weighted by Crippen LogP contribution is 2.07. The first kappa shape index (κ1) is 10.3. The van der Waals surface area contributed by atoms with Crippen molar-refractivity contribution in [2.75, 3.05) is 6.61 Å². The van der Waals surface area contributed by atoms with Crippen LogP contribution >= 0.6 is 0 Å². The zero-order valence-electron chi connectivity index (χ0n) is 8.40. The van der Waals surface area contributed by atoms with Crippen LogP contribution in [-0.4, -0.2) is 21.3 Å². The Kier molecular flexibility index (Phi) is 3.96. The average Bonchev–Trinajstić information content (AvgIpc) is 2.61. The summed E-state index contributed by atoms with van der Waals surface area (Å²) in [6, 6.07) is 0. The van der Waals surface area contributed by atoms with E-state index in [1.807, 2.05) is 12.4 Å². The fourth-order valence-electron chi connectivity index (χ4n) is 1.32. The van der Waals surface area contributed by atoms with Crippen molar-refractivity contribution < 1.29 is 5.11 Å². The van der Waals surface area contributed by atoms with Crippen molar-refractivity contribution in [3.63, 3.8) is 0 Å². The van der Waals surface area contributed by atoms with Crippen LogP contribution in [0.4, 0.5) is 0 Å². The van der Waals surface area contributed by atoms with E-state index in [4.69, 9.17) is 5.11 Å². The van der Waals surface area contributed by atoms with E-state index >= 15 is 0 Å². The number of hydrogen-bond acceptors (Lipinski definition) is 2. The van der Waals surface area contributed by atoms with E-state index in [1.54, 1.807) is 0 Å². The van der Waals surface area contributed by atoms with Crippen LogP contribution in [-0.2, 0) is 13.0 Å². The van der Waals surface area contributed by atoms with Gasteiger partial charge in [0, 0.05) is 32.0 Å². The molecule has 0 spiro atoms. The van der Waals surface area contributed by atoms with E-state index in [1.165, 1.54) is 0 Å². The number of aryl methyl sites for hydroxylation is 2. The molecule has 3 heteroatoms. The van der Waals surface area contributed by atoms with Gasteiger partial charge < -0.3 is 9.67 Å². The molecule has 0 bridgehead atoms. The van der Waals surface area contributed by atoms with Gasteiger partial charge in [-0.2, -0.15) is 0 Å². The largest absolute Gasteiger partial charge is 0.396 e. The van der Waals surface area contributed by atoms with Crippen molar-refractivity contribution in [3.05, 3.63) is 18.2 Å². The van der Waals surface area contributed by atoms with Gasteiger partial charge in [-0.1, -0.05) is 6.92 Å². The number of aliphatic hydroxyl groups is 1. The second kappa shape index (κ2) is 5.02. The molecule has 13 heavy (non-hydrogen) atoms. The Labute approximate surface area is 79.4 Å². The monoisotopic (exact) mass is 182 g/mol. The molecule has 1 unspecified atom stereocenters. The number of hydrogen-bond donors (Lipinski definition) is 1. The molecule has 0 aliphatic heterocycles. The predicted octanol–water partition coefficient (Wildman–Crippen LogP) is 1.46. The molecule has 0 fully saturated rings. The fraction of sp³-hybridized carbons (Fsp3) is 0.700. The lowest BCUT2D eigenvalue weighted by atomic mass is 10.1. The minimum Gasteiger partial charge on any atom is -0.396 e. The Hall–Kier alpha value is -0.830. The van der Waals surface area contributed by atoms with Crippen LogP contribution in [0.2, 0.25) is 0 Å². The van der Waals surface area contributed by atoms with E-state index in [0.29, 0.717) is 5.92 Å². The zero-order valence-corrected chi connectivity index (χ0v) is 8.40. The maximum atomic E-state index is 8.86. The number of rotatable bonds is 5. The smallest absolute Gasteiger partial charge is 0.108 e. The highest BCUT2D eigenvalue weighted by Gasteiger charge is 2.04. The molecule has 74 valence electrons. The van der Waals surface area contributed by atoms with Gasteiger partial charge in [0.2, 0.25) is 0 Å². The lowest BCUT2D eigenvalue weighted by Gasteiger charge is -2.08. The summed E-state index contributed by atoms with van der Waals surface area (Å²) in [5.74, 6) is 1.50. The highest BCUT2D eigenvalue weighted by molar-refractivity contribution is 4.92. The number of nitrogens with zero attached hydrogens (tertiary/aromatic N) is 2. The van der Waals surface area contributed by atoms with Gasteiger partial charge in [-0.15, -0.1) is 0 Å². The maximum Gasteiger partial charge on any atom is 0.108 e. The molecule has 0 saturated carbocycles. The third-order valence-corrected chi connectivity index (χ3v) is 2.31. The Bertz CT molecular complexity index is 245. The SMILES string of the molecule is CCn1ccnc1CCC(C)CO. The molecule has 0 aliphatic carbocycles. The molecule has 0 aromatic carbocycles. The highest BCUT2D eigenvalue weighted by atomic mass is 16.3. The summed E-state index contributed by atoms with van der Waals surface area (Å²) in [6.45, 7) is 5.41. The van der Waals surface area contributed by atoms with Gasteiger partial charge in [-0.25, -0.2) is 4.98 Å². The van der Waals surface area contributed by atoms with E-state index in [9.17, 15) is 0 Å². The minimum absolute atomic E-state index is 0.271. The molecule has 1 aromatic rings. The average molecular weight is 182 g/mol. The van der Waals surface area contributed by atoms with Crippen LogP contribution in [0, 0.1) is 5.92 Å². The molecular formula is C10H18N2O. The van der Waals surface area contributed by atoms with Crippen molar-refractivity contribution in [2.24, 2.45) is 5.92 Å². The van der Waals surface area contributed by atoms with Crippen LogP contribution in [0.1, 0.15) is 26.1 Å². The maximum absolute atomic E-state index is 8.86. The van der Waals surface area contributed by atoms with Gasteiger partial charge in [-0.3, -0.25) is 0 Å². The summed E-state index contributed by atoms with van der Waals surface area (Å²) >= 11 is 0. The Morgan fingerprint density at radius 2 is 2.38 bits per heavy atom. The van der Waals surface area contributed by atoms with Gasteiger partial charge >= 0.3 is 0 Å². The van der Waals surface area contributed by atoms with E-state index in [2.05, 4.69) is 23.4 Å². The van der Waals surface area contributed by atoms with Crippen LogP contribution in [0.25, 0.3) is 0 Å². The van der Waals surface area contributed by atoms with Gasteiger partial charge in [0.05, 0.1) is 0 Å². The van der Waals surface area contributed by atoms with E-state index in [0.717, 1.165) is 25.2 Å². The molecule has 1 atom stereocenters. The number of aliphatic hydroxyl groups excluding tert-OH is 1. The van der Waals surface area contributed by atoms with Crippen molar-refractivity contribution in [3.8, 4) is 0 Å². The third-order valence-electron chi connectivity index (χ3n) is 2.31. The first-order valence-electron chi connectivity index (χ1n) is 4.88. The predicted molar refractivity (Wildman–Crippen MR) is 52.5 cm³/mol. The van der Waals surface area contributed by atoms with Gasteiger partial charge in [0.25, 0.3) is 0 Å². The summed E-state index contributed by atoms with van der Waals surface area (Å²) in [5.41, 5.74) is 0. The van der Waals surface area contributed by atoms with Crippen LogP contribution < -0.4 is 0 Å². The van der Waals surface area contributed by atoms with Crippen molar-refractivity contribution in [1.29, 1.82) is 0 Å². The van der Waals surface area contributed by atoms with Crippen LogP contribution in [0.5, 0.6) is 0 Å². The molecule has 0 saturated heterocycles. The second-order valence-electron chi connectivity index (χ2n) is 3.46. The van der Waals surface area contributed by atoms with Crippen molar-refractivity contribution in [1.82, 2.24) is 9.55 Å². The lowest BCUT2D eigenvalue weighted by molar-refractivity contribution is 0.229. The molecule has 3 nitrogen and oxygen atoms in total. The topological polar surface area (TPSA) is 38.0 Å². The molecule has 0 aliphatic rings. The van der Waals surface area contributed by atoms with Gasteiger partial charge in [0.1, 0.15) is 5.82 Å². The molecule has 0 amide bonds. The second-order valence-corrected chi connectivity index (χ2v) is 3.46. The van der Waals surface area contributed by atoms with Gasteiger partial charge in [0.15, 0.2) is 0 Å². The molecular weight excluding hydrogens is 164 g/mol. The van der Waals surface area contributed by atoms with Crippen LogP contribution in [0.15, 0.2) is 12.4 Å². The summed E-state index contributed by atoms with van der Waals surface area (Å²) < 4.78 is 2.14. The molecule has 1 N–H and O–H groups in total. The Balaban J connectivity index is 2.44. The first-order chi connectivity index (χ1) is 6.27.